The monoisotopic (exact) mass is 265 g/mol. The van der Waals surface area contributed by atoms with Crippen LogP contribution in [0.25, 0.3) is 0 Å². The van der Waals surface area contributed by atoms with Gasteiger partial charge in [-0.05, 0) is 18.2 Å². The Morgan fingerprint density at radius 3 is 2.94 bits per heavy atom. The van der Waals surface area contributed by atoms with Crippen LogP contribution in [-0.2, 0) is 0 Å². The lowest BCUT2D eigenvalue weighted by Gasteiger charge is -2.10. The molecule has 0 heterocycles. The van der Waals surface area contributed by atoms with Crippen molar-refractivity contribution in [2.24, 2.45) is 0 Å². The minimum atomic E-state index is -0.130. The third-order valence-electron chi connectivity index (χ3n) is 2.34. The first-order chi connectivity index (χ1) is 8.69. The van der Waals surface area contributed by atoms with Crippen LogP contribution in [0.5, 0.6) is 0 Å². The molecule has 0 spiro atoms. The maximum Gasteiger partial charge on any atom is 0.251 e. The lowest BCUT2D eigenvalue weighted by molar-refractivity contribution is 0.0963. The number of benzene rings is 1. The van der Waals surface area contributed by atoms with Gasteiger partial charge in [0.1, 0.15) is 0 Å². The van der Waals surface area contributed by atoms with E-state index >= 15 is 0 Å². The molecule has 0 bridgehead atoms. The highest BCUT2D eigenvalue weighted by molar-refractivity contribution is 7.99. The molecule has 0 aromatic heterocycles. The Bertz CT molecular complexity index is 421. The number of hydrogen-bond donors (Lipinski definition) is 3. The maximum atomic E-state index is 11.4. The zero-order valence-corrected chi connectivity index (χ0v) is 11.3. The summed E-state index contributed by atoms with van der Waals surface area (Å²) in [6.45, 7) is 4.50. The second-order valence-corrected chi connectivity index (χ2v) is 4.82. The van der Waals surface area contributed by atoms with Gasteiger partial charge in [-0.2, -0.15) is 11.8 Å². The lowest BCUT2D eigenvalue weighted by atomic mass is 10.1. The van der Waals surface area contributed by atoms with Gasteiger partial charge in [0.15, 0.2) is 0 Å². The van der Waals surface area contributed by atoms with Crippen molar-refractivity contribution in [3.63, 3.8) is 0 Å². The van der Waals surface area contributed by atoms with Crippen molar-refractivity contribution in [1.82, 2.24) is 5.32 Å². The summed E-state index contributed by atoms with van der Waals surface area (Å²) in [4.78, 5) is 11.4. The minimum Gasteiger partial charge on any atom is -0.397 e. The van der Waals surface area contributed by atoms with Gasteiger partial charge < -0.3 is 16.4 Å². The van der Waals surface area contributed by atoms with Crippen LogP contribution in [0.15, 0.2) is 30.9 Å². The molecule has 18 heavy (non-hydrogen) atoms. The number of thioether (sulfide) groups is 1. The van der Waals surface area contributed by atoms with E-state index < -0.39 is 0 Å². The highest BCUT2D eigenvalue weighted by atomic mass is 32.2. The summed E-state index contributed by atoms with van der Waals surface area (Å²) in [6, 6.07) is 5.27. The normalized spacial score (nSPS) is 9.83. The zero-order valence-electron chi connectivity index (χ0n) is 10.5. The van der Waals surface area contributed by atoms with E-state index in [0.717, 1.165) is 23.7 Å². The van der Waals surface area contributed by atoms with E-state index in [0.29, 0.717) is 11.3 Å². The van der Waals surface area contributed by atoms with Gasteiger partial charge in [0, 0.05) is 30.7 Å². The SMILES string of the molecule is C=CCSCCNc1ccc(C(=O)NC)cc1N. The second kappa shape index (κ2) is 7.66. The van der Waals surface area contributed by atoms with Crippen LogP contribution >= 0.6 is 11.8 Å². The van der Waals surface area contributed by atoms with Crippen molar-refractivity contribution < 1.29 is 4.79 Å². The molecular weight excluding hydrogens is 246 g/mol. The topological polar surface area (TPSA) is 67.2 Å². The average molecular weight is 265 g/mol. The Kier molecular flexibility index (Phi) is 6.14. The Labute approximate surface area is 112 Å². The molecule has 0 aliphatic carbocycles. The number of hydrogen-bond acceptors (Lipinski definition) is 4. The minimum absolute atomic E-state index is 0.130. The smallest absolute Gasteiger partial charge is 0.251 e. The van der Waals surface area contributed by atoms with Crippen molar-refractivity contribution in [1.29, 1.82) is 0 Å². The highest BCUT2D eigenvalue weighted by Crippen LogP contribution is 2.19. The first kappa shape index (κ1) is 14.4. The first-order valence-electron chi connectivity index (χ1n) is 5.73. The molecule has 4 nitrogen and oxygen atoms in total. The quantitative estimate of drug-likeness (QED) is 0.400. The van der Waals surface area contributed by atoms with Crippen LogP contribution in [0.1, 0.15) is 10.4 Å². The van der Waals surface area contributed by atoms with Crippen LogP contribution in [0.4, 0.5) is 11.4 Å². The van der Waals surface area contributed by atoms with Crippen molar-refractivity contribution in [2.75, 3.05) is 36.1 Å². The van der Waals surface area contributed by atoms with Gasteiger partial charge in [0.2, 0.25) is 0 Å². The second-order valence-electron chi connectivity index (χ2n) is 3.67. The number of carbonyl (C=O) groups is 1. The number of nitrogens with one attached hydrogen (secondary N) is 2. The molecule has 0 aliphatic rings. The number of nitrogen functional groups attached to an aromatic ring is 1. The summed E-state index contributed by atoms with van der Waals surface area (Å²) in [7, 11) is 1.60. The van der Waals surface area contributed by atoms with Crippen LogP contribution in [-0.4, -0.2) is 31.0 Å². The fourth-order valence-corrected chi connectivity index (χ4v) is 2.01. The van der Waals surface area contributed by atoms with Crippen molar-refractivity contribution >= 4 is 29.0 Å². The molecule has 5 heteroatoms. The van der Waals surface area contributed by atoms with Crippen LogP contribution in [0.2, 0.25) is 0 Å². The van der Waals surface area contributed by atoms with Gasteiger partial charge in [-0.15, -0.1) is 6.58 Å². The third-order valence-corrected chi connectivity index (χ3v) is 3.30. The summed E-state index contributed by atoms with van der Waals surface area (Å²) in [5, 5.41) is 5.81. The Morgan fingerprint density at radius 1 is 1.56 bits per heavy atom. The molecule has 1 rings (SSSR count). The molecule has 1 aromatic carbocycles. The summed E-state index contributed by atoms with van der Waals surface area (Å²) >= 11 is 1.80. The molecule has 1 amide bonds. The van der Waals surface area contributed by atoms with E-state index in [4.69, 9.17) is 5.73 Å². The fourth-order valence-electron chi connectivity index (χ4n) is 1.43. The number of nitrogens with two attached hydrogens (primary N) is 1. The van der Waals surface area contributed by atoms with Gasteiger partial charge in [-0.1, -0.05) is 6.08 Å². The van der Waals surface area contributed by atoms with E-state index in [1.807, 2.05) is 12.1 Å². The predicted molar refractivity (Wildman–Crippen MR) is 80.3 cm³/mol. The van der Waals surface area contributed by atoms with E-state index in [2.05, 4.69) is 17.2 Å². The van der Waals surface area contributed by atoms with Crippen molar-refractivity contribution in [3.05, 3.63) is 36.4 Å². The molecule has 98 valence electrons. The van der Waals surface area contributed by atoms with Crippen molar-refractivity contribution in [3.8, 4) is 0 Å². The summed E-state index contributed by atoms with van der Waals surface area (Å²) in [5.41, 5.74) is 7.91. The van der Waals surface area contributed by atoms with Crippen LogP contribution in [0.3, 0.4) is 0 Å². The van der Waals surface area contributed by atoms with Crippen LogP contribution in [0, 0.1) is 0 Å². The standard InChI is InChI=1S/C13H19N3OS/c1-3-7-18-8-6-16-12-5-4-10(9-11(12)14)13(17)15-2/h3-5,9,16H,1,6-8,14H2,2H3,(H,15,17). The van der Waals surface area contributed by atoms with E-state index in [1.165, 1.54) is 0 Å². The predicted octanol–water partition coefficient (Wildman–Crippen LogP) is 1.96. The maximum absolute atomic E-state index is 11.4. The summed E-state index contributed by atoms with van der Waals surface area (Å²) in [6.07, 6.45) is 1.89. The Balaban J connectivity index is 2.52. The van der Waals surface area contributed by atoms with E-state index in [-0.39, 0.29) is 5.91 Å². The average Bonchev–Trinajstić information content (AvgIpc) is 2.39. The van der Waals surface area contributed by atoms with E-state index in [1.54, 1.807) is 30.9 Å². The lowest BCUT2D eigenvalue weighted by Crippen LogP contribution is -2.18. The highest BCUT2D eigenvalue weighted by Gasteiger charge is 2.05. The van der Waals surface area contributed by atoms with Gasteiger partial charge in [-0.25, -0.2) is 0 Å². The molecule has 0 aliphatic heterocycles. The number of carbonyl (C=O) groups excluding carboxylic acids is 1. The third kappa shape index (κ3) is 4.33. The van der Waals surface area contributed by atoms with Gasteiger partial charge >= 0.3 is 0 Å². The molecule has 0 saturated heterocycles. The molecule has 1 aromatic rings. The zero-order chi connectivity index (χ0) is 13.4. The molecular formula is C13H19N3OS. The Hall–Kier alpha value is -1.62. The van der Waals surface area contributed by atoms with Gasteiger partial charge in [-0.3, -0.25) is 4.79 Å². The largest absolute Gasteiger partial charge is 0.397 e. The number of rotatable bonds is 7. The molecule has 4 N–H and O–H groups in total. The van der Waals surface area contributed by atoms with Crippen molar-refractivity contribution in [2.45, 2.75) is 0 Å². The first-order valence-corrected chi connectivity index (χ1v) is 6.88. The number of amides is 1. The summed E-state index contributed by atoms with van der Waals surface area (Å²) in [5.74, 6) is 1.81. The van der Waals surface area contributed by atoms with Gasteiger partial charge in [0.05, 0.1) is 11.4 Å². The number of anilines is 2. The molecule has 0 unspecified atom stereocenters. The summed E-state index contributed by atoms with van der Waals surface area (Å²) < 4.78 is 0. The van der Waals surface area contributed by atoms with E-state index in [9.17, 15) is 4.79 Å². The van der Waals surface area contributed by atoms with Gasteiger partial charge in [0.25, 0.3) is 5.91 Å². The molecule has 0 fully saturated rings. The molecule has 0 atom stereocenters. The fraction of sp³-hybridized carbons (Fsp3) is 0.308. The molecule has 0 saturated carbocycles. The Morgan fingerprint density at radius 2 is 2.33 bits per heavy atom. The van der Waals surface area contributed by atoms with Crippen LogP contribution < -0.4 is 16.4 Å². The molecule has 0 radical (unpaired) electrons.